The minimum absolute atomic E-state index is 0.00576. The summed E-state index contributed by atoms with van der Waals surface area (Å²) < 4.78 is 38.4. The van der Waals surface area contributed by atoms with Gasteiger partial charge in [0.25, 0.3) is 10.0 Å². The maximum absolute atomic E-state index is 12.8. The van der Waals surface area contributed by atoms with Crippen LogP contribution in [0, 0.1) is 5.82 Å². The van der Waals surface area contributed by atoms with E-state index in [1.165, 1.54) is 60.7 Å². The minimum Gasteiger partial charge on any atom is -0.332 e. The SMILES string of the molecule is CC(=O)NS(=O)(=O)c1ccc(NC(=S)NC(=O)/C=C/c2ccc(F)cc2)cc1. The number of sulfonamides is 1. The average molecular weight is 421 g/mol. The van der Waals surface area contributed by atoms with Crippen LogP contribution in [0.1, 0.15) is 12.5 Å². The fourth-order valence-corrected chi connectivity index (χ4v) is 3.24. The molecule has 28 heavy (non-hydrogen) atoms. The van der Waals surface area contributed by atoms with Gasteiger partial charge in [-0.3, -0.25) is 14.9 Å². The summed E-state index contributed by atoms with van der Waals surface area (Å²) >= 11 is 5.02. The van der Waals surface area contributed by atoms with Crippen molar-refractivity contribution in [2.45, 2.75) is 11.8 Å². The molecule has 2 rings (SSSR count). The third-order valence-electron chi connectivity index (χ3n) is 3.23. The summed E-state index contributed by atoms with van der Waals surface area (Å²) in [6, 6.07) is 11.0. The lowest BCUT2D eigenvalue weighted by Crippen LogP contribution is -2.32. The number of hydrogen-bond acceptors (Lipinski definition) is 5. The highest BCUT2D eigenvalue weighted by molar-refractivity contribution is 7.90. The predicted octanol–water partition coefficient (Wildman–Crippen LogP) is 2.18. The number of carbonyl (C=O) groups excluding carboxylic acids is 2. The number of hydrogen-bond donors (Lipinski definition) is 3. The fourth-order valence-electron chi connectivity index (χ4n) is 2.03. The van der Waals surface area contributed by atoms with Crippen molar-refractivity contribution in [3.63, 3.8) is 0 Å². The molecule has 0 aromatic heterocycles. The van der Waals surface area contributed by atoms with Crippen LogP contribution in [0.15, 0.2) is 59.5 Å². The van der Waals surface area contributed by atoms with Crippen LogP contribution >= 0.6 is 12.2 Å². The van der Waals surface area contributed by atoms with Gasteiger partial charge in [-0.25, -0.2) is 17.5 Å². The Kier molecular flexibility index (Phi) is 6.96. The van der Waals surface area contributed by atoms with Crippen LogP contribution in [0.5, 0.6) is 0 Å². The van der Waals surface area contributed by atoms with Gasteiger partial charge in [0.2, 0.25) is 11.8 Å². The molecule has 0 heterocycles. The summed E-state index contributed by atoms with van der Waals surface area (Å²) in [5.41, 5.74) is 1.08. The topological polar surface area (TPSA) is 104 Å². The lowest BCUT2D eigenvalue weighted by Gasteiger charge is -2.09. The Labute approximate surface area is 166 Å². The van der Waals surface area contributed by atoms with Crippen LogP contribution in [-0.2, 0) is 19.6 Å². The van der Waals surface area contributed by atoms with Gasteiger partial charge in [0.15, 0.2) is 5.11 Å². The van der Waals surface area contributed by atoms with E-state index >= 15 is 0 Å². The summed E-state index contributed by atoms with van der Waals surface area (Å²) in [4.78, 5) is 22.7. The Balaban J connectivity index is 1.92. The Morgan fingerprint density at radius 1 is 1.04 bits per heavy atom. The molecular weight excluding hydrogens is 405 g/mol. The second-order valence-electron chi connectivity index (χ2n) is 5.51. The van der Waals surface area contributed by atoms with Crippen LogP contribution in [0.3, 0.4) is 0 Å². The van der Waals surface area contributed by atoms with Gasteiger partial charge in [-0.1, -0.05) is 12.1 Å². The van der Waals surface area contributed by atoms with Gasteiger partial charge in [-0.15, -0.1) is 0 Å². The van der Waals surface area contributed by atoms with Crippen LogP contribution in [0.2, 0.25) is 0 Å². The van der Waals surface area contributed by atoms with Crippen molar-refractivity contribution in [2.75, 3.05) is 5.32 Å². The van der Waals surface area contributed by atoms with Crippen molar-refractivity contribution in [3.05, 3.63) is 66.0 Å². The van der Waals surface area contributed by atoms with Crippen molar-refractivity contribution < 1.29 is 22.4 Å². The van der Waals surface area contributed by atoms with Gasteiger partial charge in [0.05, 0.1) is 4.90 Å². The standard InChI is InChI=1S/C18H16FN3O4S2/c1-12(23)22-28(25,26)16-9-7-15(8-10-16)20-18(27)21-17(24)11-4-13-2-5-14(19)6-3-13/h2-11H,1H3,(H,22,23)(H2,20,21,24,27)/b11-4+. The monoisotopic (exact) mass is 421 g/mol. The molecule has 0 aliphatic heterocycles. The first-order valence-electron chi connectivity index (χ1n) is 7.85. The van der Waals surface area contributed by atoms with Gasteiger partial charge in [0.1, 0.15) is 5.82 Å². The van der Waals surface area contributed by atoms with E-state index in [0.717, 1.165) is 6.92 Å². The molecule has 0 fully saturated rings. The Morgan fingerprint density at radius 2 is 1.64 bits per heavy atom. The lowest BCUT2D eigenvalue weighted by atomic mass is 10.2. The summed E-state index contributed by atoms with van der Waals surface area (Å²) in [7, 11) is -3.92. The summed E-state index contributed by atoms with van der Waals surface area (Å²) in [5, 5.41) is 5.16. The molecule has 2 aromatic rings. The molecular formula is C18H16FN3O4S2. The molecule has 7 nitrogen and oxygen atoms in total. The third kappa shape index (κ3) is 6.56. The number of thiocarbonyl (C=S) groups is 1. The number of benzene rings is 2. The molecule has 0 unspecified atom stereocenters. The zero-order chi connectivity index (χ0) is 20.7. The molecule has 0 atom stereocenters. The van der Waals surface area contributed by atoms with Crippen molar-refractivity contribution in [1.82, 2.24) is 10.0 Å². The molecule has 0 aliphatic carbocycles. The van der Waals surface area contributed by atoms with Crippen LogP contribution in [0.4, 0.5) is 10.1 Å². The fraction of sp³-hybridized carbons (Fsp3) is 0.0556. The molecule has 0 spiro atoms. The molecule has 0 bridgehead atoms. The first kappa shape index (κ1) is 21.2. The van der Waals surface area contributed by atoms with E-state index in [2.05, 4.69) is 10.6 Å². The van der Waals surface area contributed by atoms with Crippen LogP contribution < -0.4 is 15.4 Å². The van der Waals surface area contributed by atoms with Gasteiger partial charge in [0, 0.05) is 18.7 Å². The van der Waals surface area contributed by atoms with E-state index in [-0.39, 0.29) is 15.8 Å². The van der Waals surface area contributed by atoms with Crippen molar-refractivity contribution in [2.24, 2.45) is 0 Å². The number of rotatable bonds is 5. The Hall–Kier alpha value is -3.11. The zero-order valence-corrected chi connectivity index (χ0v) is 16.2. The van der Waals surface area contributed by atoms with E-state index in [1.807, 2.05) is 4.72 Å². The largest absolute Gasteiger partial charge is 0.332 e. The normalized spacial score (nSPS) is 11.1. The van der Waals surface area contributed by atoms with Crippen LogP contribution in [-0.4, -0.2) is 25.3 Å². The predicted molar refractivity (Wildman–Crippen MR) is 107 cm³/mol. The average Bonchev–Trinajstić information content (AvgIpc) is 2.60. The molecule has 2 aromatic carbocycles. The van der Waals surface area contributed by atoms with E-state index in [1.54, 1.807) is 0 Å². The van der Waals surface area contributed by atoms with Crippen molar-refractivity contribution >= 4 is 50.9 Å². The third-order valence-corrected chi connectivity index (χ3v) is 4.89. The van der Waals surface area contributed by atoms with Crippen molar-refractivity contribution in [3.8, 4) is 0 Å². The zero-order valence-electron chi connectivity index (χ0n) is 14.6. The number of carbonyl (C=O) groups is 2. The summed E-state index contributed by atoms with van der Waals surface area (Å²) in [6.07, 6.45) is 2.74. The lowest BCUT2D eigenvalue weighted by molar-refractivity contribution is -0.117. The Bertz CT molecular complexity index is 1020. The highest BCUT2D eigenvalue weighted by atomic mass is 32.2. The first-order valence-corrected chi connectivity index (χ1v) is 9.74. The van der Waals surface area contributed by atoms with Gasteiger partial charge in [-0.05, 0) is 60.3 Å². The molecule has 146 valence electrons. The minimum atomic E-state index is -3.92. The van der Waals surface area contributed by atoms with E-state index in [4.69, 9.17) is 12.2 Å². The Morgan fingerprint density at radius 3 is 2.21 bits per heavy atom. The number of amides is 2. The van der Waals surface area contributed by atoms with Crippen LogP contribution in [0.25, 0.3) is 6.08 Å². The second kappa shape index (κ2) is 9.20. The molecule has 3 N–H and O–H groups in total. The maximum atomic E-state index is 12.8. The molecule has 10 heteroatoms. The highest BCUT2D eigenvalue weighted by Crippen LogP contribution is 2.14. The van der Waals surface area contributed by atoms with Gasteiger partial charge >= 0.3 is 0 Å². The molecule has 0 aliphatic rings. The molecule has 0 radical (unpaired) electrons. The summed E-state index contributed by atoms with van der Waals surface area (Å²) in [5.74, 6) is -1.56. The first-order chi connectivity index (χ1) is 13.2. The van der Waals surface area contributed by atoms with Crippen molar-refractivity contribution in [1.29, 1.82) is 0 Å². The maximum Gasteiger partial charge on any atom is 0.264 e. The van der Waals surface area contributed by atoms with E-state index in [0.29, 0.717) is 11.3 Å². The molecule has 2 amide bonds. The number of nitrogens with one attached hydrogen (secondary N) is 3. The molecule has 0 saturated heterocycles. The summed E-state index contributed by atoms with van der Waals surface area (Å²) in [6.45, 7) is 1.10. The quantitative estimate of drug-likeness (QED) is 0.505. The number of anilines is 1. The smallest absolute Gasteiger partial charge is 0.264 e. The van der Waals surface area contributed by atoms with E-state index in [9.17, 15) is 22.4 Å². The number of halogens is 1. The van der Waals surface area contributed by atoms with Gasteiger partial charge in [-0.2, -0.15) is 0 Å². The van der Waals surface area contributed by atoms with Gasteiger partial charge < -0.3 is 5.32 Å². The molecule has 0 saturated carbocycles. The van der Waals surface area contributed by atoms with E-state index < -0.39 is 21.8 Å². The highest BCUT2D eigenvalue weighted by Gasteiger charge is 2.15. The second-order valence-corrected chi connectivity index (χ2v) is 7.60.